The van der Waals surface area contributed by atoms with Crippen LogP contribution in [0.1, 0.15) is 52.4 Å². The molecular formula is C25H48O10Si2. The van der Waals surface area contributed by atoms with Gasteiger partial charge in [-0.1, -0.05) is 26.0 Å². The molecule has 37 heavy (non-hydrogen) atoms. The SMILES string of the molecule is C=C(C)C(=O)OCCCC1(OC)CCCC[Si]1(OC)OC.C=C(C)C(=O)OCCC[Si](OC)(OC)OC. The summed E-state index contributed by atoms with van der Waals surface area (Å²) >= 11 is 0. The van der Waals surface area contributed by atoms with E-state index in [0.717, 1.165) is 38.1 Å². The van der Waals surface area contributed by atoms with Gasteiger partial charge in [-0.3, -0.25) is 0 Å². The highest BCUT2D eigenvalue weighted by Crippen LogP contribution is 2.42. The van der Waals surface area contributed by atoms with Gasteiger partial charge in [0.15, 0.2) is 0 Å². The van der Waals surface area contributed by atoms with Crippen LogP contribution in [0.2, 0.25) is 12.1 Å². The minimum absolute atomic E-state index is 0.316. The van der Waals surface area contributed by atoms with Gasteiger partial charge >= 0.3 is 29.3 Å². The number of esters is 2. The third-order valence-corrected chi connectivity index (χ3v) is 13.8. The summed E-state index contributed by atoms with van der Waals surface area (Å²) in [7, 11) is 4.91. The summed E-state index contributed by atoms with van der Waals surface area (Å²) in [5, 5.41) is -0.357. The Labute approximate surface area is 225 Å². The molecule has 0 spiro atoms. The first-order chi connectivity index (χ1) is 17.5. The van der Waals surface area contributed by atoms with Crippen molar-refractivity contribution in [1.82, 2.24) is 0 Å². The molecule has 0 bridgehead atoms. The molecule has 0 aromatic heterocycles. The van der Waals surface area contributed by atoms with E-state index in [1.807, 2.05) is 0 Å². The summed E-state index contributed by atoms with van der Waals surface area (Å²) in [4.78, 5) is 22.5. The lowest BCUT2D eigenvalue weighted by atomic mass is 10.1. The lowest BCUT2D eigenvalue weighted by Crippen LogP contribution is -2.64. The second-order valence-electron chi connectivity index (χ2n) is 8.90. The van der Waals surface area contributed by atoms with E-state index in [2.05, 4.69) is 13.2 Å². The van der Waals surface area contributed by atoms with Gasteiger partial charge in [0, 0.05) is 59.8 Å². The third kappa shape index (κ3) is 10.7. The van der Waals surface area contributed by atoms with Gasteiger partial charge in [-0.15, -0.1) is 0 Å². The topological polar surface area (TPSA) is 108 Å². The Bertz CT molecular complexity index is 714. The smallest absolute Gasteiger partial charge is 0.462 e. The minimum Gasteiger partial charge on any atom is -0.462 e. The molecule has 1 heterocycles. The molecule has 0 N–H and O–H groups in total. The minimum atomic E-state index is -2.53. The van der Waals surface area contributed by atoms with Crippen LogP contribution < -0.4 is 0 Å². The van der Waals surface area contributed by atoms with Crippen LogP contribution >= 0.6 is 0 Å². The van der Waals surface area contributed by atoms with Gasteiger partial charge in [-0.2, -0.15) is 0 Å². The molecule has 0 aliphatic carbocycles. The van der Waals surface area contributed by atoms with Gasteiger partial charge < -0.3 is 36.3 Å². The fourth-order valence-corrected chi connectivity index (χ4v) is 9.91. The molecule has 1 saturated heterocycles. The summed E-state index contributed by atoms with van der Waals surface area (Å²) in [6.45, 7) is 11.0. The number of carbonyl (C=O) groups is 2. The fraction of sp³-hybridized carbons (Fsp3) is 0.760. The zero-order valence-corrected chi connectivity index (χ0v) is 26.1. The van der Waals surface area contributed by atoms with Crippen molar-refractivity contribution in [2.24, 2.45) is 0 Å². The Hall–Kier alpha value is -1.39. The summed E-state index contributed by atoms with van der Waals surface area (Å²) in [5.41, 5.74) is 0.820. The van der Waals surface area contributed by atoms with Crippen molar-refractivity contribution >= 4 is 29.3 Å². The Morgan fingerprint density at radius 1 is 0.811 bits per heavy atom. The summed E-state index contributed by atoms with van der Waals surface area (Å²) in [6, 6.07) is 1.55. The second-order valence-corrected chi connectivity index (χ2v) is 15.7. The van der Waals surface area contributed by atoms with Crippen molar-refractivity contribution < 1.29 is 45.9 Å². The maximum absolute atomic E-state index is 11.4. The number of carbonyl (C=O) groups excluding carboxylic acids is 2. The average Bonchev–Trinajstić information content (AvgIpc) is 2.91. The van der Waals surface area contributed by atoms with Crippen molar-refractivity contribution in [1.29, 1.82) is 0 Å². The van der Waals surface area contributed by atoms with E-state index < -0.39 is 17.4 Å². The number of hydrogen-bond donors (Lipinski definition) is 0. The van der Waals surface area contributed by atoms with Gasteiger partial charge in [0.1, 0.15) is 5.22 Å². The maximum Gasteiger partial charge on any atom is 0.500 e. The number of methoxy groups -OCH3 is 1. The van der Waals surface area contributed by atoms with E-state index in [4.69, 9.17) is 36.3 Å². The first kappa shape index (κ1) is 35.6. The normalized spacial score (nSPS) is 18.8. The largest absolute Gasteiger partial charge is 0.500 e. The molecule has 0 aromatic carbocycles. The van der Waals surface area contributed by atoms with Crippen LogP contribution in [0.4, 0.5) is 0 Å². The first-order valence-electron chi connectivity index (χ1n) is 12.4. The average molecular weight is 565 g/mol. The molecule has 1 aliphatic rings. The molecule has 0 saturated carbocycles. The quantitative estimate of drug-likeness (QED) is 0.118. The summed E-state index contributed by atoms with van der Waals surface area (Å²) < 4.78 is 43.3. The first-order valence-corrected chi connectivity index (χ1v) is 16.4. The Morgan fingerprint density at radius 2 is 1.30 bits per heavy atom. The predicted molar refractivity (Wildman–Crippen MR) is 145 cm³/mol. The zero-order chi connectivity index (χ0) is 28.5. The number of ether oxygens (including phenoxy) is 3. The molecule has 1 aliphatic heterocycles. The maximum atomic E-state index is 11.4. The number of hydrogen-bond acceptors (Lipinski definition) is 10. The lowest BCUT2D eigenvalue weighted by Gasteiger charge is -2.48. The Balaban J connectivity index is 0.000000730. The van der Waals surface area contributed by atoms with Gasteiger partial charge in [-0.25, -0.2) is 9.59 Å². The molecule has 0 radical (unpaired) electrons. The molecule has 1 rings (SSSR count). The van der Waals surface area contributed by atoms with E-state index in [1.54, 1.807) is 56.5 Å². The van der Waals surface area contributed by atoms with Crippen LogP contribution in [0.5, 0.6) is 0 Å². The third-order valence-electron chi connectivity index (χ3n) is 6.53. The fourth-order valence-electron chi connectivity index (χ4n) is 4.30. The van der Waals surface area contributed by atoms with E-state index in [-0.39, 0.29) is 17.2 Å². The summed E-state index contributed by atoms with van der Waals surface area (Å²) in [5.74, 6) is -0.716. The predicted octanol–water partition coefficient (Wildman–Crippen LogP) is 4.10. The van der Waals surface area contributed by atoms with Crippen LogP contribution in [0.3, 0.4) is 0 Å². The zero-order valence-electron chi connectivity index (χ0n) is 24.1. The molecular weight excluding hydrogens is 516 g/mol. The highest BCUT2D eigenvalue weighted by atomic mass is 28.4. The molecule has 10 nitrogen and oxygen atoms in total. The van der Waals surface area contributed by atoms with Crippen LogP contribution in [-0.4, -0.2) is 90.4 Å². The van der Waals surface area contributed by atoms with Crippen molar-refractivity contribution in [3.63, 3.8) is 0 Å². The van der Waals surface area contributed by atoms with Crippen LogP contribution in [0.15, 0.2) is 24.3 Å². The molecule has 1 fully saturated rings. The Morgan fingerprint density at radius 3 is 1.70 bits per heavy atom. The van der Waals surface area contributed by atoms with Gasteiger partial charge in [0.25, 0.3) is 0 Å². The van der Waals surface area contributed by atoms with Crippen LogP contribution in [0, 0.1) is 0 Å². The molecule has 0 aromatic rings. The second kappa shape index (κ2) is 18.0. The molecule has 1 unspecified atom stereocenters. The monoisotopic (exact) mass is 564 g/mol. The molecule has 1 atom stereocenters. The standard InChI is InChI=1S/C15H28O5Si.C10H20O5Si/c1-13(2)14(16)20-11-8-10-15(17-3)9-6-7-12-21(15,18-4)19-5;1-9(2)10(11)15-7-6-8-16(12-3,13-4)14-5/h1,6-12H2,2-5H3;1,6-8H2,2-5H3. The molecule has 0 amide bonds. The van der Waals surface area contributed by atoms with Crippen LogP contribution in [0.25, 0.3) is 0 Å². The lowest BCUT2D eigenvalue weighted by molar-refractivity contribution is -0.140. The highest BCUT2D eigenvalue weighted by Gasteiger charge is 2.58. The van der Waals surface area contributed by atoms with Gasteiger partial charge in [0.05, 0.1) is 13.2 Å². The van der Waals surface area contributed by atoms with Crippen molar-refractivity contribution in [3.8, 4) is 0 Å². The Kier molecular flexibility index (Phi) is 17.3. The van der Waals surface area contributed by atoms with Gasteiger partial charge in [0.2, 0.25) is 0 Å². The summed E-state index contributed by atoms with van der Waals surface area (Å²) in [6.07, 6.45) is 5.31. The van der Waals surface area contributed by atoms with E-state index in [1.165, 1.54) is 0 Å². The highest BCUT2D eigenvalue weighted by molar-refractivity contribution is 6.70. The van der Waals surface area contributed by atoms with E-state index in [0.29, 0.717) is 36.8 Å². The molecule has 216 valence electrons. The van der Waals surface area contributed by atoms with Crippen molar-refractivity contribution in [2.45, 2.75) is 69.7 Å². The van der Waals surface area contributed by atoms with Crippen molar-refractivity contribution in [2.75, 3.05) is 55.9 Å². The van der Waals surface area contributed by atoms with E-state index >= 15 is 0 Å². The van der Waals surface area contributed by atoms with E-state index in [9.17, 15) is 9.59 Å². The van der Waals surface area contributed by atoms with Crippen molar-refractivity contribution in [3.05, 3.63) is 24.3 Å². The number of rotatable bonds is 16. The van der Waals surface area contributed by atoms with Gasteiger partial charge in [-0.05, 0) is 45.6 Å². The molecule has 12 heteroatoms. The van der Waals surface area contributed by atoms with Crippen LogP contribution in [-0.2, 0) is 45.9 Å².